The molecule has 5 rings (SSSR count). The second kappa shape index (κ2) is 8.29. The van der Waals surface area contributed by atoms with Crippen molar-refractivity contribution in [2.24, 2.45) is 23.2 Å². The fourth-order valence-electron chi connectivity index (χ4n) is 6.46. The number of rotatable bonds is 7. The molecule has 2 atom stereocenters. The average Bonchev–Trinajstić information content (AvgIpc) is 2.68. The van der Waals surface area contributed by atoms with E-state index >= 15 is 0 Å². The van der Waals surface area contributed by atoms with Crippen LogP contribution in [-0.2, 0) is 24.3 Å². The number of esters is 1. The molecule has 32 heavy (non-hydrogen) atoms. The second-order valence-corrected chi connectivity index (χ2v) is 12.6. The Labute approximate surface area is 194 Å². The Morgan fingerprint density at radius 2 is 1.84 bits per heavy atom. The Morgan fingerprint density at radius 3 is 2.44 bits per heavy atom. The molecule has 4 fully saturated rings. The number of carbonyl (C=O) groups is 2. The number of sulfonamides is 1. The Bertz CT molecular complexity index is 1010. The fraction of sp³-hybridized carbons (Fsp3) is 0.652. The lowest BCUT2D eigenvalue weighted by atomic mass is 9.48. The third-order valence-electron chi connectivity index (χ3n) is 7.34. The summed E-state index contributed by atoms with van der Waals surface area (Å²) in [5.41, 5.74) is -1.37. The molecular formula is C23H31ClN2O5S. The standard InChI is InChI=1S/C23H31ClN2O5S/c1-22(2,26-32(29,30)18-6-4-5-17(24)9-18)13-19(27)25-20-15-7-14-8-16(20)12-23(10-14,11-15)21(28)31-3/h4-6,9,14-16,20,26H,7-8,10-13H2,1-3H3,(H,25,27). The van der Waals surface area contributed by atoms with Crippen molar-refractivity contribution >= 4 is 33.5 Å². The number of hydrogen-bond donors (Lipinski definition) is 2. The predicted molar refractivity (Wildman–Crippen MR) is 120 cm³/mol. The lowest BCUT2D eigenvalue weighted by molar-refractivity contribution is -0.171. The quantitative estimate of drug-likeness (QED) is 0.581. The monoisotopic (exact) mass is 482 g/mol. The van der Waals surface area contributed by atoms with Gasteiger partial charge in [0.15, 0.2) is 0 Å². The number of ether oxygens (including phenoxy) is 1. The first-order valence-corrected chi connectivity index (χ1v) is 13.0. The van der Waals surface area contributed by atoms with Crippen LogP contribution >= 0.6 is 11.6 Å². The summed E-state index contributed by atoms with van der Waals surface area (Å²) in [5, 5.41) is 3.51. The van der Waals surface area contributed by atoms with Crippen molar-refractivity contribution in [3.05, 3.63) is 29.3 Å². The highest BCUT2D eigenvalue weighted by Crippen LogP contribution is 2.60. The van der Waals surface area contributed by atoms with Gasteiger partial charge in [-0.25, -0.2) is 13.1 Å². The summed E-state index contributed by atoms with van der Waals surface area (Å²) in [4.78, 5) is 25.5. The lowest BCUT2D eigenvalue weighted by Crippen LogP contribution is -2.61. The van der Waals surface area contributed by atoms with E-state index in [0.29, 0.717) is 10.9 Å². The molecule has 1 amide bonds. The van der Waals surface area contributed by atoms with E-state index in [1.54, 1.807) is 26.0 Å². The van der Waals surface area contributed by atoms with Gasteiger partial charge < -0.3 is 10.1 Å². The van der Waals surface area contributed by atoms with E-state index in [2.05, 4.69) is 10.0 Å². The molecule has 0 radical (unpaired) electrons. The third kappa shape index (κ3) is 4.54. The highest BCUT2D eigenvalue weighted by molar-refractivity contribution is 7.89. The van der Waals surface area contributed by atoms with Crippen LogP contribution in [0.1, 0.15) is 52.4 Å². The van der Waals surface area contributed by atoms with Gasteiger partial charge in [0.25, 0.3) is 0 Å². The smallest absolute Gasteiger partial charge is 0.311 e. The van der Waals surface area contributed by atoms with Crippen molar-refractivity contribution in [2.75, 3.05) is 7.11 Å². The minimum atomic E-state index is -3.82. The molecule has 7 nitrogen and oxygen atoms in total. The second-order valence-electron chi connectivity index (χ2n) is 10.5. The summed E-state index contributed by atoms with van der Waals surface area (Å²) in [6.07, 6.45) is 4.45. The molecule has 1 aromatic rings. The minimum Gasteiger partial charge on any atom is -0.469 e. The van der Waals surface area contributed by atoms with E-state index in [-0.39, 0.29) is 41.1 Å². The molecule has 0 heterocycles. The number of carbonyl (C=O) groups excluding carboxylic acids is 2. The number of halogens is 1. The summed E-state index contributed by atoms with van der Waals surface area (Å²) in [5.74, 6) is 0.735. The molecule has 4 aliphatic carbocycles. The highest BCUT2D eigenvalue weighted by Gasteiger charge is 2.59. The summed E-state index contributed by atoms with van der Waals surface area (Å²) in [6, 6.07) is 6.05. The van der Waals surface area contributed by atoms with Gasteiger partial charge in [0.1, 0.15) is 0 Å². The van der Waals surface area contributed by atoms with Crippen LogP contribution in [0.4, 0.5) is 0 Å². The maximum Gasteiger partial charge on any atom is 0.311 e. The molecule has 2 unspecified atom stereocenters. The highest BCUT2D eigenvalue weighted by atomic mass is 35.5. The number of benzene rings is 1. The molecule has 1 aromatic carbocycles. The van der Waals surface area contributed by atoms with E-state index in [1.165, 1.54) is 19.2 Å². The normalized spacial score (nSPS) is 31.4. The van der Waals surface area contributed by atoms with Crippen molar-refractivity contribution in [3.63, 3.8) is 0 Å². The van der Waals surface area contributed by atoms with Crippen molar-refractivity contribution in [2.45, 2.75) is 68.8 Å². The zero-order valence-electron chi connectivity index (χ0n) is 18.7. The minimum absolute atomic E-state index is 0.00824. The van der Waals surface area contributed by atoms with Crippen LogP contribution < -0.4 is 10.0 Å². The van der Waals surface area contributed by atoms with E-state index in [9.17, 15) is 18.0 Å². The van der Waals surface area contributed by atoms with Crippen LogP contribution in [0, 0.1) is 23.2 Å². The summed E-state index contributed by atoms with van der Waals surface area (Å²) in [6.45, 7) is 3.38. The molecule has 4 saturated carbocycles. The van der Waals surface area contributed by atoms with Crippen LogP contribution in [0.15, 0.2) is 29.2 Å². The van der Waals surface area contributed by atoms with Gasteiger partial charge in [0.05, 0.1) is 17.4 Å². The van der Waals surface area contributed by atoms with Gasteiger partial charge in [-0.2, -0.15) is 0 Å². The molecular weight excluding hydrogens is 452 g/mol. The Hall–Kier alpha value is -1.64. The largest absolute Gasteiger partial charge is 0.469 e. The van der Waals surface area contributed by atoms with Crippen LogP contribution in [-0.4, -0.2) is 39.0 Å². The van der Waals surface area contributed by atoms with Crippen LogP contribution in [0.5, 0.6) is 0 Å². The van der Waals surface area contributed by atoms with Gasteiger partial charge in [-0.15, -0.1) is 0 Å². The summed E-state index contributed by atoms with van der Waals surface area (Å²) >= 11 is 5.93. The number of nitrogens with one attached hydrogen (secondary N) is 2. The van der Waals surface area contributed by atoms with Crippen molar-refractivity contribution in [1.29, 1.82) is 0 Å². The summed E-state index contributed by atoms with van der Waals surface area (Å²) in [7, 11) is -2.37. The van der Waals surface area contributed by atoms with Gasteiger partial charge in [0.2, 0.25) is 15.9 Å². The molecule has 4 bridgehead atoms. The predicted octanol–water partition coefficient (Wildman–Crippen LogP) is 3.27. The van der Waals surface area contributed by atoms with Gasteiger partial charge >= 0.3 is 5.97 Å². The SMILES string of the molecule is COC(=O)C12CC3CC(C1)C(NC(=O)CC(C)(C)NS(=O)(=O)c1cccc(Cl)c1)C(C3)C2. The molecule has 0 saturated heterocycles. The zero-order chi connectivity index (χ0) is 23.3. The first-order valence-electron chi connectivity index (χ1n) is 11.1. The third-order valence-corrected chi connectivity index (χ3v) is 9.27. The zero-order valence-corrected chi connectivity index (χ0v) is 20.3. The molecule has 0 spiro atoms. The lowest BCUT2D eigenvalue weighted by Gasteiger charge is -2.58. The van der Waals surface area contributed by atoms with Crippen molar-refractivity contribution < 1.29 is 22.7 Å². The maximum absolute atomic E-state index is 12.9. The van der Waals surface area contributed by atoms with E-state index in [4.69, 9.17) is 16.3 Å². The Kier molecular flexibility index (Phi) is 6.09. The van der Waals surface area contributed by atoms with Crippen LogP contribution in [0.2, 0.25) is 5.02 Å². The average molecular weight is 483 g/mol. The van der Waals surface area contributed by atoms with Crippen molar-refractivity contribution in [1.82, 2.24) is 10.0 Å². The maximum atomic E-state index is 12.9. The first-order chi connectivity index (χ1) is 14.9. The van der Waals surface area contributed by atoms with Crippen LogP contribution in [0.3, 0.4) is 0 Å². The molecule has 9 heteroatoms. The van der Waals surface area contributed by atoms with Gasteiger partial charge in [-0.05, 0) is 81.9 Å². The summed E-state index contributed by atoms with van der Waals surface area (Å²) < 4.78 is 33.2. The van der Waals surface area contributed by atoms with Gasteiger partial charge in [-0.3, -0.25) is 9.59 Å². The van der Waals surface area contributed by atoms with Gasteiger partial charge in [0, 0.05) is 23.0 Å². The molecule has 4 aliphatic rings. The van der Waals surface area contributed by atoms with Crippen LogP contribution in [0.25, 0.3) is 0 Å². The number of amides is 1. The number of methoxy groups -OCH3 is 1. The van der Waals surface area contributed by atoms with Crippen molar-refractivity contribution in [3.8, 4) is 0 Å². The van der Waals surface area contributed by atoms with E-state index in [0.717, 1.165) is 32.1 Å². The molecule has 0 aromatic heterocycles. The van der Waals surface area contributed by atoms with E-state index < -0.39 is 21.0 Å². The fourth-order valence-corrected chi connectivity index (χ4v) is 8.17. The first kappa shape index (κ1) is 23.5. The Balaban J connectivity index is 1.40. The van der Waals surface area contributed by atoms with E-state index in [1.807, 2.05) is 0 Å². The molecule has 176 valence electrons. The number of hydrogen-bond acceptors (Lipinski definition) is 5. The Morgan fingerprint density at radius 1 is 1.19 bits per heavy atom. The molecule has 2 N–H and O–H groups in total. The van der Waals surface area contributed by atoms with Gasteiger partial charge in [-0.1, -0.05) is 17.7 Å². The topological polar surface area (TPSA) is 102 Å². The molecule has 0 aliphatic heterocycles.